The van der Waals surface area contributed by atoms with E-state index in [0.29, 0.717) is 13.2 Å². The van der Waals surface area contributed by atoms with Crippen LogP contribution in [0.15, 0.2) is 36.4 Å². The molecule has 1 saturated heterocycles. The summed E-state index contributed by atoms with van der Waals surface area (Å²) in [5.41, 5.74) is 2.91. The molecule has 1 amide bonds. The van der Waals surface area contributed by atoms with Gasteiger partial charge >= 0.3 is 0 Å². The first-order valence-corrected chi connectivity index (χ1v) is 12.2. The Bertz CT molecular complexity index is 1010. The highest BCUT2D eigenvalue weighted by Gasteiger charge is 2.41. The maximum atomic E-state index is 14.7. The number of nitrogens with zero attached hydrogens (tertiary/aromatic N) is 1. The second-order valence-corrected chi connectivity index (χ2v) is 9.67. The molecule has 1 aliphatic carbocycles. The second-order valence-electron chi connectivity index (χ2n) is 9.67. The Hall–Kier alpha value is -2.44. The number of halogens is 1. The van der Waals surface area contributed by atoms with Crippen molar-refractivity contribution in [3.05, 3.63) is 53.3 Å². The zero-order chi connectivity index (χ0) is 22.8. The van der Waals surface area contributed by atoms with Crippen molar-refractivity contribution in [2.75, 3.05) is 33.4 Å². The topological polar surface area (TPSA) is 50.8 Å². The van der Waals surface area contributed by atoms with Crippen LogP contribution in [0.4, 0.5) is 4.39 Å². The molecule has 6 heteroatoms. The van der Waals surface area contributed by atoms with Crippen LogP contribution < -0.4 is 10.1 Å². The molecule has 3 aliphatic rings. The summed E-state index contributed by atoms with van der Waals surface area (Å²) in [7, 11) is 1.56. The number of benzene rings is 2. The van der Waals surface area contributed by atoms with Crippen molar-refractivity contribution < 1.29 is 18.7 Å². The number of hydrogen-bond acceptors (Lipinski definition) is 4. The fourth-order valence-electron chi connectivity index (χ4n) is 5.34. The Balaban J connectivity index is 1.26. The lowest BCUT2D eigenvalue weighted by Crippen LogP contribution is -2.53. The van der Waals surface area contributed by atoms with E-state index >= 15 is 0 Å². The van der Waals surface area contributed by atoms with Gasteiger partial charge in [-0.3, -0.25) is 4.79 Å². The van der Waals surface area contributed by atoms with Crippen LogP contribution in [0, 0.1) is 5.82 Å². The number of piperidine rings is 1. The zero-order valence-corrected chi connectivity index (χ0v) is 19.4. The fourth-order valence-corrected chi connectivity index (χ4v) is 5.34. The van der Waals surface area contributed by atoms with Gasteiger partial charge < -0.3 is 19.7 Å². The molecule has 2 aliphatic heterocycles. The number of nitrogens with one attached hydrogen (secondary N) is 1. The average Bonchev–Trinajstić information content (AvgIpc) is 2.79. The van der Waals surface area contributed by atoms with Gasteiger partial charge in [-0.05, 0) is 79.5 Å². The molecule has 0 radical (unpaired) electrons. The van der Waals surface area contributed by atoms with Crippen LogP contribution in [0.2, 0.25) is 0 Å². The number of fused-ring (bicyclic) bond motifs is 1. The van der Waals surface area contributed by atoms with Gasteiger partial charge in [-0.15, -0.1) is 0 Å². The molecule has 0 aromatic heterocycles. The van der Waals surface area contributed by atoms with Gasteiger partial charge in [-0.1, -0.05) is 18.6 Å². The predicted molar refractivity (Wildman–Crippen MR) is 126 cm³/mol. The Labute approximate surface area is 195 Å². The number of hydrogen-bond donors (Lipinski definition) is 1. The number of aryl methyl sites for hydroxylation is 1. The smallest absolute Gasteiger partial charge is 0.254 e. The van der Waals surface area contributed by atoms with Crippen molar-refractivity contribution in [1.82, 2.24) is 10.2 Å². The van der Waals surface area contributed by atoms with Gasteiger partial charge in [0.2, 0.25) is 0 Å². The summed E-state index contributed by atoms with van der Waals surface area (Å²) in [4.78, 5) is 14.8. The van der Waals surface area contributed by atoms with Crippen molar-refractivity contribution in [3.63, 3.8) is 0 Å². The van der Waals surface area contributed by atoms with E-state index in [0.717, 1.165) is 61.7 Å². The van der Waals surface area contributed by atoms with Crippen LogP contribution in [0.3, 0.4) is 0 Å². The van der Waals surface area contributed by atoms with Crippen molar-refractivity contribution in [1.29, 1.82) is 0 Å². The lowest BCUT2D eigenvalue weighted by molar-refractivity contribution is -0.0336. The summed E-state index contributed by atoms with van der Waals surface area (Å²) in [5.74, 6) is 0.0221. The van der Waals surface area contributed by atoms with Gasteiger partial charge in [0.15, 0.2) is 0 Å². The molecule has 2 heterocycles. The summed E-state index contributed by atoms with van der Waals surface area (Å²) in [6, 6.07) is 11.7. The van der Waals surface area contributed by atoms with Gasteiger partial charge in [0.1, 0.15) is 17.2 Å². The quantitative estimate of drug-likeness (QED) is 0.652. The van der Waals surface area contributed by atoms with Crippen LogP contribution in [0.25, 0.3) is 11.1 Å². The Morgan fingerprint density at radius 1 is 1.15 bits per heavy atom. The molecule has 5 rings (SSSR count). The summed E-state index contributed by atoms with van der Waals surface area (Å²) < 4.78 is 26.2. The maximum absolute atomic E-state index is 14.7. The SMILES string of the molecule is COCCNC(=O)c1ccc(-c2ccc3c(c2)CCC2(CCN(C4CCC4)CC2)O3)cc1F. The third-order valence-corrected chi connectivity index (χ3v) is 7.68. The normalized spacial score (nSPS) is 20.1. The summed E-state index contributed by atoms with van der Waals surface area (Å²) >= 11 is 0. The number of ether oxygens (including phenoxy) is 2. The lowest BCUT2D eigenvalue weighted by atomic mass is 9.81. The van der Waals surface area contributed by atoms with E-state index in [-0.39, 0.29) is 11.2 Å². The first-order valence-electron chi connectivity index (χ1n) is 12.2. The highest BCUT2D eigenvalue weighted by Crippen LogP contribution is 2.42. The van der Waals surface area contributed by atoms with Crippen molar-refractivity contribution in [2.45, 2.75) is 56.6 Å². The minimum absolute atomic E-state index is 0.0291. The molecule has 1 spiro atoms. The predicted octanol–water partition coefficient (Wildman–Crippen LogP) is 4.58. The Kier molecular flexibility index (Phi) is 6.39. The van der Waals surface area contributed by atoms with Gasteiger partial charge in [-0.2, -0.15) is 0 Å². The van der Waals surface area contributed by atoms with E-state index in [4.69, 9.17) is 9.47 Å². The number of carbonyl (C=O) groups is 1. The number of carbonyl (C=O) groups excluding carboxylic acids is 1. The van der Waals surface area contributed by atoms with Crippen molar-refractivity contribution in [2.24, 2.45) is 0 Å². The van der Waals surface area contributed by atoms with E-state index in [1.54, 1.807) is 19.2 Å². The molecule has 176 valence electrons. The third-order valence-electron chi connectivity index (χ3n) is 7.68. The average molecular weight is 453 g/mol. The summed E-state index contributed by atoms with van der Waals surface area (Å²) in [5, 5.41) is 2.66. The van der Waals surface area contributed by atoms with Gasteiger partial charge in [0, 0.05) is 32.8 Å². The molecular weight excluding hydrogens is 419 g/mol. The molecule has 2 aromatic carbocycles. The van der Waals surface area contributed by atoms with E-state index in [2.05, 4.69) is 16.3 Å². The Morgan fingerprint density at radius 2 is 1.91 bits per heavy atom. The first kappa shape index (κ1) is 22.4. The number of amides is 1. The van der Waals surface area contributed by atoms with Gasteiger partial charge in [-0.25, -0.2) is 4.39 Å². The van der Waals surface area contributed by atoms with Crippen molar-refractivity contribution >= 4 is 5.91 Å². The summed E-state index contributed by atoms with van der Waals surface area (Å²) in [6.07, 6.45) is 8.32. The van der Waals surface area contributed by atoms with Crippen LogP contribution >= 0.6 is 0 Å². The number of likely N-dealkylation sites (tertiary alicyclic amines) is 1. The second kappa shape index (κ2) is 9.43. The monoisotopic (exact) mass is 452 g/mol. The molecule has 1 saturated carbocycles. The third kappa shape index (κ3) is 4.64. The van der Waals surface area contributed by atoms with Crippen LogP contribution in [0.5, 0.6) is 5.75 Å². The molecule has 0 unspecified atom stereocenters. The molecule has 33 heavy (non-hydrogen) atoms. The van der Waals surface area contributed by atoms with E-state index < -0.39 is 11.7 Å². The fraction of sp³-hybridized carbons (Fsp3) is 0.519. The molecule has 2 fully saturated rings. The first-order chi connectivity index (χ1) is 16.1. The summed E-state index contributed by atoms with van der Waals surface area (Å²) in [6.45, 7) is 3.02. The number of rotatable bonds is 6. The molecular formula is C27H33FN2O3. The number of methoxy groups -OCH3 is 1. The zero-order valence-electron chi connectivity index (χ0n) is 19.4. The molecule has 2 aromatic rings. The van der Waals surface area contributed by atoms with Crippen LogP contribution in [0.1, 0.15) is 54.4 Å². The van der Waals surface area contributed by atoms with E-state index in [1.165, 1.54) is 30.9 Å². The van der Waals surface area contributed by atoms with Crippen molar-refractivity contribution in [3.8, 4) is 16.9 Å². The highest BCUT2D eigenvalue weighted by molar-refractivity contribution is 5.95. The standard InChI is InChI=1S/C27H33FN2O3/c1-32-16-13-29-26(31)23-7-5-20(18-24(23)28)19-6-8-25-21(17-19)9-10-27(33-25)11-14-30(15-12-27)22-3-2-4-22/h5-8,17-18,22H,2-4,9-16H2,1H3,(H,29,31). The van der Waals surface area contributed by atoms with E-state index in [1.807, 2.05) is 12.1 Å². The minimum Gasteiger partial charge on any atom is -0.487 e. The maximum Gasteiger partial charge on any atom is 0.254 e. The molecule has 1 N–H and O–H groups in total. The molecule has 0 atom stereocenters. The molecule has 0 bridgehead atoms. The van der Waals surface area contributed by atoms with E-state index in [9.17, 15) is 9.18 Å². The Morgan fingerprint density at radius 3 is 2.61 bits per heavy atom. The largest absolute Gasteiger partial charge is 0.487 e. The lowest BCUT2D eigenvalue weighted by Gasteiger charge is -2.48. The van der Waals surface area contributed by atoms with Crippen LogP contribution in [-0.2, 0) is 11.2 Å². The highest BCUT2D eigenvalue weighted by atomic mass is 19.1. The van der Waals surface area contributed by atoms with Crippen LogP contribution in [-0.4, -0.2) is 55.8 Å². The molecule has 5 nitrogen and oxygen atoms in total. The minimum atomic E-state index is -0.520. The van der Waals surface area contributed by atoms with Gasteiger partial charge in [0.25, 0.3) is 5.91 Å². The van der Waals surface area contributed by atoms with Gasteiger partial charge in [0.05, 0.1) is 12.2 Å².